The summed E-state index contributed by atoms with van der Waals surface area (Å²) in [5, 5.41) is 19.8. The topological polar surface area (TPSA) is 62.5 Å². The molecule has 0 saturated carbocycles. The predicted octanol–water partition coefficient (Wildman–Crippen LogP) is 2.72. The smallest absolute Gasteiger partial charge is 0.123 e. The van der Waals surface area contributed by atoms with Gasteiger partial charge >= 0.3 is 0 Å². The van der Waals surface area contributed by atoms with Crippen LogP contribution in [0.4, 0.5) is 0 Å². The van der Waals surface area contributed by atoms with Crippen molar-refractivity contribution in [1.29, 1.82) is 5.26 Å². The van der Waals surface area contributed by atoms with E-state index in [-0.39, 0.29) is 0 Å². The first kappa shape index (κ1) is 15.3. The Labute approximate surface area is 114 Å². The average Bonchev–Trinajstić information content (AvgIpc) is 2.38. The molecular formula is C15H21NO3. The second-order valence-corrected chi connectivity index (χ2v) is 5.53. The molecule has 0 radical (unpaired) electrons. The lowest BCUT2D eigenvalue weighted by Crippen LogP contribution is -2.32. The van der Waals surface area contributed by atoms with Gasteiger partial charge in [-0.15, -0.1) is 0 Å². The normalized spacial score (nSPS) is 14.4. The van der Waals surface area contributed by atoms with Crippen molar-refractivity contribution in [2.45, 2.75) is 32.8 Å². The van der Waals surface area contributed by atoms with Crippen LogP contribution in [0.3, 0.4) is 0 Å². The highest BCUT2D eigenvalue weighted by Crippen LogP contribution is 2.37. The van der Waals surface area contributed by atoms with Crippen LogP contribution in [0, 0.1) is 16.7 Å². The molecule has 2 unspecified atom stereocenters. The summed E-state index contributed by atoms with van der Waals surface area (Å²) in [6.07, 6.45) is -0.793. The molecule has 0 aliphatic carbocycles. The third-order valence-electron chi connectivity index (χ3n) is 3.11. The largest absolute Gasteiger partial charge is 0.497 e. The van der Waals surface area contributed by atoms with E-state index < -0.39 is 17.4 Å². The molecule has 2 atom stereocenters. The van der Waals surface area contributed by atoms with Gasteiger partial charge in [0, 0.05) is 5.56 Å². The first-order chi connectivity index (χ1) is 8.85. The van der Waals surface area contributed by atoms with E-state index in [1.165, 1.54) is 0 Å². The molecule has 0 spiro atoms. The zero-order chi connectivity index (χ0) is 14.6. The summed E-state index contributed by atoms with van der Waals surface area (Å²) in [5.41, 5.74) is 0.251. The van der Waals surface area contributed by atoms with Gasteiger partial charge in [-0.1, -0.05) is 20.8 Å². The lowest BCUT2D eigenvalue weighted by atomic mass is 9.78. The van der Waals surface area contributed by atoms with Crippen LogP contribution in [-0.4, -0.2) is 25.4 Å². The van der Waals surface area contributed by atoms with Gasteiger partial charge in [-0.25, -0.2) is 0 Å². The average molecular weight is 263 g/mol. The van der Waals surface area contributed by atoms with E-state index in [0.717, 1.165) is 0 Å². The van der Waals surface area contributed by atoms with Crippen molar-refractivity contribution in [3.8, 4) is 17.6 Å². The lowest BCUT2D eigenvalue weighted by molar-refractivity contribution is 0.0521. The second kappa shape index (κ2) is 5.94. The highest BCUT2D eigenvalue weighted by Gasteiger charge is 2.33. The first-order valence-corrected chi connectivity index (χ1v) is 6.14. The Balaban J connectivity index is 3.28. The number of ether oxygens (including phenoxy) is 2. The molecular weight excluding hydrogens is 242 g/mol. The van der Waals surface area contributed by atoms with Crippen LogP contribution in [0.5, 0.6) is 11.5 Å². The van der Waals surface area contributed by atoms with Crippen LogP contribution in [0.15, 0.2) is 18.2 Å². The monoisotopic (exact) mass is 263 g/mol. The number of hydrogen-bond donors (Lipinski definition) is 1. The van der Waals surface area contributed by atoms with E-state index in [2.05, 4.69) is 6.07 Å². The summed E-state index contributed by atoms with van der Waals surface area (Å²) < 4.78 is 10.4. The molecule has 19 heavy (non-hydrogen) atoms. The van der Waals surface area contributed by atoms with Crippen LogP contribution in [0.2, 0.25) is 0 Å². The predicted molar refractivity (Wildman–Crippen MR) is 73.4 cm³/mol. The molecule has 0 amide bonds. The Morgan fingerprint density at radius 3 is 2.26 bits per heavy atom. The molecule has 0 fully saturated rings. The zero-order valence-electron chi connectivity index (χ0n) is 12.1. The summed E-state index contributed by atoms with van der Waals surface area (Å²) in [7, 11) is 3.11. The van der Waals surface area contributed by atoms with Crippen molar-refractivity contribution in [2.24, 2.45) is 5.41 Å². The van der Waals surface area contributed by atoms with E-state index in [1.807, 2.05) is 20.8 Å². The Morgan fingerprint density at radius 2 is 1.84 bits per heavy atom. The minimum Gasteiger partial charge on any atom is -0.497 e. The molecule has 4 heteroatoms. The highest BCUT2D eigenvalue weighted by molar-refractivity contribution is 5.45. The molecule has 104 valence electrons. The molecule has 1 N–H and O–H groups in total. The van der Waals surface area contributed by atoms with E-state index in [4.69, 9.17) is 9.47 Å². The molecule has 0 aromatic heterocycles. The maximum Gasteiger partial charge on any atom is 0.123 e. The lowest BCUT2D eigenvalue weighted by Gasteiger charge is -2.30. The first-order valence-electron chi connectivity index (χ1n) is 6.14. The van der Waals surface area contributed by atoms with Gasteiger partial charge in [0.2, 0.25) is 0 Å². The fourth-order valence-corrected chi connectivity index (χ4v) is 1.89. The van der Waals surface area contributed by atoms with Gasteiger partial charge in [0.1, 0.15) is 17.4 Å². The molecule has 0 bridgehead atoms. The molecule has 4 nitrogen and oxygen atoms in total. The zero-order valence-corrected chi connectivity index (χ0v) is 12.1. The third kappa shape index (κ3) is 3.39. The van der Waals surface area contributed by atoms with Gasteiger partial charge in [0.15, 0.2) is 0 Å². The Hall–Kier alpha value is -1.73. The summed E-state index contributed by atoms with van der Waals surface area (Å²) >= 11 is 0. The van der Waals surface area contributed by atoms with Crippen LogP contribution in [-0.2, 0) is 0 Å². The number of nitrogens with zero attached hydrogens (tertiary/aromatic N) is 1. The standard InChI is InChI=1S/C15H21NO3/c1-15(2,3)14(17)12(9-16)11-8-10(18-4)6-7-13(11)19-5/h6-8,12,14,17H,1-5H3. The second-order valence-electron chi connectivity index (χ2n) is 5.53. The van der Waals surface area contributed by atoms with E-state index >= 15 is 0 Å². The van der Waals surface area contributed by atoms with Gasteiger partial charge in [0.25, 0.3) is 0 Å². The summed E-state index contributed by atoms with van der Waals surface area (Å²) in [5.74, 6) is 0.554. The third-order valence-corrected chi connectivity index (χ3v) is 3.11. The number of benzene rings is 1. The fourth-order valence-electron chi connectivity index (χ4n) is 1.89. The number of methoxy groups -OCH3 is 2. The number of hydrogen-bond acceptors (Lipinski definition) is 4. The Bertz CT molecular complexity index is 471. The summed E-state index contributed by atoms with van der Waals surface area (Å²) in [6, 6.07) is 7.41. The summed E-state index contributed by atoms with van der Waals surface area (Å²) in [6.45, 7) is 5.69. The number of nitriles is 1. The van der Waals surface area contributed by atoms with Crippen molar-refractivity contribution >= 4 is 0 Å². The molecule has 0 aliphatic heterocycles. The van der Waals surface area contributed by atoms with Gasteiger partial charge < -0.3 is 14.6 Å². The van der Waals surface area contributed by atoms with Crippen molar-refractivity contribution in [3.63, 3.8) is 0 Å². The van der Waals surface area contributed by atoms with Gasteiger partial charge in [-0.2, -0.15) is 5.26 Å². The van der Waals surface area contributed by atoms with Gasteiger partial charge in [-0.3, -0.25) is 0 Å². The van der Waals surface area contributed by atoms with Crippen molar-refractivity contribution < 1.29 is 14.6 Å². The fraction of sp³-hybridized carbons (Fsp3) is 0.533. The van der Waals surface area contributed by atoms with Gasteiger partial charge in [0.05, 0.1) is 26.4 Å². The van der Waals surface area contributed by atoms with E-state index in [1.54, 1.807) is 32.4 Å². The minimum atomic E-state index is -0.793. The summed E-state index contributed by atoms with van der Waals surface area (Å²) in [4.78, 5) is 0. The molecule has 0 saturated heterocycles. The van der Waals surface area contributed by atoms with Crippen molar-refractivity contribution in [1.82, 2.24) is 0 Å². The van der Waals surface area contributed by atoms with Crippen molar-refractivity contribution in [2.75, 3.05) is 14.2 Å². The molecule has 1 aromatic rings. The maximum atomic E-state index is 10.4. The van der Waals surface area contributed by atoms with Crippen LogP contribution in [0.1, 0.15) is 32.3 Å². The maximum absolute atomic E-state index is 10.4. The molecule has 1 aromatic carbocycles. The van der Waals surface area contributed by atoms with Gasteiger partial charge in [-0.05, 0) is 23.6 Å². The Kier molecular flexibility index (Phi) is 4.79. The number of aliphatic hydroxyl groups excluding tert-OH is 1. The quantitative estimate of drug-likeness (QED) is 0.907. The van der Waals surface area contributed by atoms with Crippen LogP contribution >= 0.6 is 0 Å². The SMILES string of the molecule is COc1ccc(OC)c(C(C#N)C(O)C(C)(C)C)c1. The van der Waals surface area contributed by atoms with E-state index in [9.17, 15) is 10.4 Å². The highest BCUT2D eigenvalue weighted by atomic mass is 16.5. The number of aliphatic hydroxyl groups is 1. The van der Waals surface area contributed by atoms with Crippen molar-refractivity contribution in [3.05, 3.63) is 23.8 Å². The Morgan fingerprint density at radius 1 is 1.21 bits per heavy atom. The van der Waals surface area contributed by atoms with Crippen LogP contribution < -0.4 is 9.47 Å². The molecule has 0 heterocycles. The molecule has 0 aliphatic rings. The van der Waals surface area contributed by atoms with Crippen LogP contribution in [0.25, 0.3) is 0 Å². The minimum absolute atomic E-state index is 0.394. The van der Waals surface area contributed by atoms with E-state index in [0.29, 0.717) is 17.1 Å². The molecule has 1 rings (SSSR count). The number of rotatable bonds is 4.